The van der Waals surface area contributed by atoms with Gasteiger partial charge in [0.2, 0.25) is 5.91 Å². The van der Waals surface area contributed by atoms with Crippen LogP contribution >= 0.6 is 11.8 Å². The van der Waals surface area contributed by atoms with Gasteiger partial charge in [0.1, 0.15) is 5.76 Å². The lowest BCUT2D eigenvalue weighted by Gasteiger charge is -2.32. The van der Waals surface area contributed by atoms with Gasteiger partial charge < -0.3 is 9.73 Å². The average Bonchev–Trinajstić information content (AvgIpc) is 3.16. The van der Waals surface area contributed by atoms with Crippen molar-refractivity contribution < 1.29 is 9.21 Å². The molecule has 1 amide bonds. The zero-order valence-electron chi connectivity index (χ0n) is 14.5. The van der Waals surface area contributed by atoms with Crippen LogP contribution in [0.5, 0.6) is 0 Å². The standard InChI is InChI=1S/C20H26N2O2S/c23-20(21-10-13-25-16-19-9-5-12-24-19)18-8-4-11-22(15-18)14-17-6-2-1-3-7-17/h1-3,5-7,9,12,18H,4,8,10-11,13-16H2,(H,21,23). The van der Waals surface area contributed by atoms with E-state index in [1.807, 2.05) is 18.2 Å². The molecule has 1 aliphatic heterocycles. The number of furan rings is 1. The van der Waals surface area contributed by atoms with Crippen molar-refractivity contribution in [2.24, 2.45) is 5.92 Å². The van der Waals surface area contributed by atoms with Crippen LogP contribution in [0.3, 0.4) is 0 Å². The number of amides is 1. The Bertz CT molecular complexity index is 630. The lowest BCUT2D eigenvalue weighted by molar-refractivity contribution is -0.126. The molecule has 1 aliphatic rings. The molecule has 2 aromatic rings. The third-order valence-corrected chi connectivity index (χ3v) is 5.48. The molecule has 0 saturated carbocycles. The first-order chi connectivity index (χ1) is 12.3. The van der Waals surface area contributed by atoms with E-state index in [9.17, 15) is 4.79 Å². The Morgan fingerprint density at radius 2 is 2.12 bits per heavy atom. The predicted octanol–water partition coefficient (Wildman–Crippen LogP) is 3.54. The molecule has 4 nitrogen and oxygen atoms in total. The minimum atomic E-state index is 0.118. The van der Waals surface area contributed by atoms with Gasteiger partial charge >= 0.3 is 0 Å². The fourth-order valence-corrected chi connectivity index (χ4v) is 3.97. The van der Waals surface area contributed by atoms with Crippen molar-refractivity contribution in [3.8, 4) is 0 Å². The third-order valence-electron chi connectivity index (χ3n) is 4.50. The topological polar surface area (TPSA) is 45.5 Å². The van der Waals surface area contributed by atoms with Crippen molar-refractivity contribution in [3.05, 3.63) is 60.1 Å². The molecule has 0 bridgehead atoms. The first-order valence-corrected chi connectivity index (χ1v) is 10.1. The van der Waals surface area contributed by atoms with Gasteiger partial charge in [-0.1, -0.05) is 30.3 Å². The summed E-state index contributed by atoms with van der Waals surface area (Å²) in [6, 6.07) is 14.4. The third kappa shape index (κ3) is 5.94. The fourth-order valence-electron chi connectivity index (χ4n) is 3.21. The second-order valence-corrected chi connectivity index (χ2v) is 7.59. The molecule has 0 spiro atoms. The summed E-state index contributed by atoms with van der Waals surface area (Å²) in [7, 11) is 0. The van der Waals surface area contributed by atoms with Crippen LogP contribution in [0.25, 0.3) is 0 Å². The smallest absolute Gasteiger partial charge is 0.224 e. The minimum Gasteiger partial charge on any atom is -0.468 e. The molecule has 1 fully saturated rings. The number of likely N-dealkylation sites (tertiary alicyclic amines) is 1. The SMILES string of the molecule is O=C(NCCSCc1ccco1)C1CCCN(Cc2ccccc2)C1. The summed E-state index contributed by atoms with van der Waals surface area (Å²) < 4.78 is 5.30. The molecule has 0 radical (unpaired) electrons. The van der Waals surface area contributed by atoms with Crippen molar-refractivity contribution in [3.63, 3.8) is 0 Å². The van der Waals surface area contributed by atoms with Gasteiger partial charge in [0.25, 0.3) is 0 Å². The van der Waals surface area contributed by atoms with Crippen molar-refractivity contribution in [2.45, 2.75) is 25.1 Å². The predicted molar refractivity (Wildman–Crippen MR) is 102 cm³/mol. The average molecular weight is 359 g/mol. The zero-order valence-corrected chi connectivity index (χ0v) is 15.3. The highest BCUT2D eigenvalue weighted by Crippen LogP contribution is 2.19. The molecule has 1 aromatic carbocycles. The minimum absolute atomic E-state index is 0.118. The molecule has 1 atom stereocenters. The highest BCUT2D eigenvalue weighted by Gasteiger charge is 2.25. The molecule has 2 heterocycles. The number of carbonyl (C=O) groups is 1. The number of nitrogens with zero attached hydrogens (tertiary/aromatic N) is 1. The van der Waals surface area contributed by atoms with E-state index in [4.69, 9.17) is 4.42 Å². The molecule has 0 aliphatic carbocycles. The highest BCUT2D eigenvalue weighted by molar-refractivity contribution is 7.98. The van der Waals surface area contributed by atoms with Crippen LogP contribution in [-0.4, -0.2) is 36.2 Å². The first kappa shape index (κ1) is 18.1. The van der Waals surface area contributed by atoms with Crippen LogP contribution in [0.4, 0.5) is 0 Å². The lowest BCUT2D eigenvalue weighted by atomic mass is 9.96. The van der Waals surface area contributed by atoms with E-state index in [2.05, 4.69) is 34.5 Å². The summed E-state index contributed by atoms with van der Waals surface area (Å²) in [5.41, 5.74) is 1.32. The fraction of sp³-hybridized carbons (Fsp3) is 0.450. The number of carbonyl (C=O) groups excluding carboxylic acids is 1. The molecule has 25 heavy (non-hydrogen) atoms. The van der Waals surface area contributed by atoms with E-state index in [-0.39, 0.29) is 11.8 Å². The second-order valence-electron chi connectivity index (χ2n) is 6.48. The molecule has 1 unspecified atom stereocenters. The van der Waals surface area contributed by atoms with E-state index in [1.165, 1.54) is 5.56 Å². The number of benzene rings is 1. The van der Waals surface area contributed by atoms with Gasteiger partial charge in [-0.2, -0.15) is 11.8 Å². The normalized spacial score (nSPS) is 18.2. The quantitative estimate of drug-likeness (QED) is 0.733. The van der Waals surface area contributed by atoms with Crippen LogP contribution < -0.4 is 5.32 Å². The van der Waals surface area contributed by atoms with E-state index in [0.717, 1.165) is 56.3 Å². The summed E-state index contributed by atoms with van der Waals surface area (Å²) in [6.45, 7) is 3.60. The molecule has 1 saturated heterocycles. The Balaban J connectivity index is 1.35. The largest absolute Gasteiger partial charge is 0.468 e. The van der Waals surface area contributed by atoms with E-state index in [0.29, 0.717) is 0 Å². The summed E-state index contributed by atoms with van der Waals surface area (Å²) in [6.07, 6.45) is 3.79. The summed E-state index contributed by atoms with van der Waals surface area (Å²) in [5.74, 6) is 3.08. The molecule has 3 rings (SSSR count). The Labute approximate surface area is 154 Å². The molecule has 1 aromatic heterocycles. The van der Waals surface area contributed by atoms with E-state index < -0.39 is 0 Å². The molecule has 134 valence electrons. The Morgan fingerprint density at radius 3 is 2.92 bits per heavy atom. The van der Waals surface area contributed by atoms with Crippen molar-refractivity contribution in [1.29, 1.82) is 0 Å². The number of rotatable bonds is 8. The van der Waals surface area contributed by atoms with Crippen LogP contribution in [0.15, 0.2) is 53.1 Å². The number of hydrogen-bond acceptors (Lipinski definition) is 4. The summed E-state index contributed by atoms with van der Waals surface area (Å²) >= 11 is 1.78. The van der Waals surface area contributed by atoms with E-state index in [1.54, 1.807) is 18.0 Å². The summed E-state index contributed by atoms with van der Waals surface area (Å²) in [5, 5.41) is 3.10. The van der Waals surface area contributed by atoms with Gasteiger partial charge in [-0.15, -0.1) is 0 Å². The van der Waals surface area contributed by atoms with E-state index >= 15 is 0 Å². The van der Waals surface area contributed by atoms with Gasteiger partial charge in [-0.25, -0.2) is 0 Å². The highest BCUT2D eigenvalue weighted by atomic mass is 32.2. The van der Waals surface area contributed by atoms with Crippen molar-refractivity contribution in [1.82, 2.24) is 10.2 Å². The van der Waals surface area contributed by atoms with Crippen LogP contribution in [0.1, 0.15) is 24.2 Å². The number of thioether (sulfide) groups is 1. The monoisotopic (exact) mass is 358 g/mol. The molecule has 1 N–H and O–H groups in total. The maximum Gasteiger partial charge on any atom is 0.224 e. The van der Waals surface area contributed by atoms with Gasteiger partial charge in [0, 0.05) is 25.4 Å². The number of hydrogen-bond donors (Lipinski definition) is 1. The second kappa shape index (κ2) is 9.68. The van der Waals surface area contributed by atoms with Gasteiger partial charge in [0.05, 0.1) is 17.9 Å². The van der Waals surface area contributed by atoms with Gasteiger partial charge in [-0.3, -0.25) is 9.69 Å². The number of nitrogens with one attached hydrogen (secondary N) is 1. The molecular weight excluding hydrogens is 332 g/mol. The van der Waals surface area contributed by atoms with Crippen LogP contribution in [-0.2, 0) is 17.1 Å². The van der Waals surface area contributed by atoms with Gasteiger partial charge in [-0.05, 0) is 37.1 Å². The Morgan fingerprint density at radius 1 is 1.24 bits per heavy atom. The zero-order chi connectivity index (χ0) is 17.3. The lowest BCUT2D eigenvalue weighted by Crippen LogP contribution is -2.43. The van der Waals surface area contributed by atoms with Gasteiger partial charge in [0.15, 0.2) is 0 Å². The van der Waals surface area contributed by atoms with Crippen LogP contribution in [0, 0.1) is 5.92 Å². The molecular formula is C20H26N2O2S. The summed E-state index contributed by atoms with van der Waals surface area (Å²) in [4.78, 5) is 14.8. The first-order valence-electron chi connectivity index (χ1n) is 8.95. The maximum atomic E-state index is 12.4. The Hall–Kier alpha value is -1.72. The van der Waals surface area contributed by atoms with Crippen molar-refractivity contribution >= 4 is 17.7 Å². The maximum absolute atomic E-state index is 12.4. The number of piperidine rings is 1. The van der Waals surface area contributed by atoms with Crippen molar-refractivity contribution in [2.75, 3.05) is 25.4 Å². The Kier molecular flexibility index (Phi) is 7.00. The van der Waals surface area contributed by atoms with Crippen LogP contribution in [0.2, 0.25) is 0 Å². The molecule has 5 heteroatoms.